The number of hydrogen-bond donors (Lipinski definition) is 2. The molecule has 0 aromatic heterocycles. The molecule has 0 amide bonds. The topological polar surface area (TPSA) is 38.0 Å². The molecule has 3 N–H and O–H groups in total. The zero-order chi connectivity index (χ0) is 12.1. The van der Waals surface area contributed by atoms with E-state index in [2.05, 4.69) is 44.3 Å². The minimum atomic E-state index is 0.407. The van der Waals surface area contributed by atoms with Gasteiger partial charge in [0.1, 0.15) is 0 Å². The summed E-state index contributed by atoms with van der Waals surface area (Å²) >= 11 is 0. The van der Waals surface area contributed by atoms with Gasteiger partial charge in [0.05, 0.1) is 0 Å². The Kier molecular flexibility index (Phi) is 4.97. The van der Waals surface area contributed by atoms with E-state index in [9.17, 15) is 0 Å². The summed E-state index contributed by atoms with van der Waals surface area (Å²) in [4.78, 5) is 0. The summed E-state index contributed by atoms with van der Waals surface area (Å²) in [5.41, 5.74) is 9.72. The minimum absolute atomic E-state index is 0.407. The first-order valence-electron chi connectivity index (χ1n) is 6.04. The Labute approximate surface area is 99.2 Å². The third kappa shape index (κ3) is 3.06. The molecule has 0 fully saturated rings. The van der Waals surface area contributed by atoms with Crippen molar-refractivity contribution in [3.05, 3.63) is 34.9 Å². The van der Waals surface area contributed by atoms with Gasteiger partial charge in [-0.25, -0.2) is 0 Å². The number of nitrogens with one attached hydrogen (secondary N) is 1. The molecule has 1 aromatic rings. The molecule has 0 spiro atoms. The first-order valence-corrected chi connectivity index (χ1v) is 6.04. The number of benzene rings is 1. The number of rotatable bonds is 5. The van der Waals surface area contributed by atoms with E-state index in [1.807, 2.05) is 7.05 Å². The average Bonchev–Trinajstić information content (AvgIpc) is 2.22. The summed E-state index contributed by atoms with van der Waals surface area (Å²) in [7, 11) is 2.02. The third-order valence-electron chi connectivity index (χ3n) is 3.26. The Bertz CT molecular complexity index is 334. The van der Waals surface area contributed by atoms with Crippen molar-refractivity contribution in [3.8, 4) is 0 Å². The van der Waals surface area contributed by atoms with Gasteiger partial charge in [-0.15, -0.1) is 0 Å². The van der Waals surface area contributed by atoms with Crippen LogP contribution in [0.4, 0.5) is 0 Å². The molecular weight excluding hydrogens is 196 g/mol. The maximum absolute atomic E-state index is 5.63. The number of nitrogens with two attached hydrogens (primary N) is 1. The molecule has 90 valence electrons. The third-order valence-corrected chi connectivity index (χ3v) is 3.26. The van der Waals surface area contributed by atoms with Crippen molar-refractivity contribution in [1.82, 2.24) is 5.32 Å². The maximum atomic E-state index is 5.63. The lowest BCUT2D eigenvalue weighted by Gasteiger charge is -2.25. The highest BCUT2D eigenvalue weighted by molar-refractivity contribution is 5.33. The Balaban J connectivity index is 2.94. The van der Waals surface area contributed by atoms with Gasteiger partial charge >= 0.3 is 0 Å². The van der Waals surface area contributed by atoms with E-state index in [1.54, 1.807) is 0 Å². The van der Waals surface area contributed by atoms with Crippen molar-refractivity contribution in [3.63, 3.8) is 0 Å². The highest BCUT2D eigenvalue weighted by Crippen LogP contribution is 2.26. The van der Waals surface area contributed by atoms with Crippen molar-refractivity contribution < 1.29 is 0 Å². The highest BCUT2D eigenvalue weighted by Gasteiger charge is 2.18. The summed E-state index contributed by atoms with van der Waals surface area (Å²) in [5, 5.41) is 3.41. The standard InChI is InChI=1S/C14H24N2/c1-10-5-6-13(12(3)9-10)14(16-4)11(2)7-8-15/h5-6,9,11,14,16H,7-8,15H2,1-4H3. The van der Waals surface area contributed by atoms with E-state index in [0.717, 1.165) is 13.0 Å². The molecule has 2 unspecified atom stereocenters. The van der Waals surface area contributed by atoms with Gasteiger partial charge in [0.15, 0.2) is 0 Å². The molecule has 1 aromatic carbocycles. The van der Waals surface area contributed by atoms with Crippen LogP contribution in [0.15, 0.2) is 18.2 Å². The summed E-state index contributed by atoms with van der Waals surface area (Å²) in [5.74, 6) is 0.566. The monoisotopic (exact) mass is 220 g/mol. The molecule has 0 radical (unpaired) electrons. The van der Waals surface area contributed by atoms with Crippen LogP contribution in [0.5, 0.6) is 0 Å². The predicted octanol–water partition coefficient (Wildman–Crippen LogP) is 2.55. The predicted molar refractivity (Wildman–Crippen MR) is 70.6 cm³/mol. The van der Waals surface area contributed by atoms with Crippen LogP contribution < -0.4 is 11.1 Å². The van der Waals surface area contributed by atoms with Gasteiger partial charge in [-0.05, 0) is 50.9 Å². The van der Waals surface area contributed by atoms with Gasteiger partial charge in [0, 0.05) is 6.04 Å². The minimum Gasteiger partial charge on any atom is -0.330 e. The van der Waals surface area contributed by atoms with Gasteiger partial charge in [-0.1, -0.05) is 30.7 Å². The molecule has 1 rings (SSSR count). The lowest BCUT2D eigenvalue weighted by Crippen LogP contribution is -2.26. The molecule has 0 aliphatic rings. The zero-order valence-corrected chi connectivity index (χ0v) is 10.9. The molecule has 0 aliphatic carbocycles. The SMILES string of the molecule is CNC(c1ccc(C)cc1C)C(C)CCN. The van der Waals surface area contributed by atoms with E-state index in [1.165, 1.54) is 16.7 Å². The van der Waals surface area contributed by atoms with Gasteiger partial charge in [-0.3, -0.25) is 0 Å². The van der Waals surface area contributed by atoms with Crippen molar-refractivity contribution in [2.24, 2.45) is 11.7 Å². The first kappa shape index (κ1) is 13.2. The first-order chi connectivity index (χ1) is 7.60. The van der Waals surface area contributed by atoms with E-state index < -0.39 is 0 Å². The van der Waals surface area contributed by atoms with Crippen LogP contribution >= 0.6 is 0 Å². The Morgan fingerprint density at radius 2 is 2.00 bits per heavy atom. The van der Waals surface area contributed by atoms with Gasteiger partial charge in [0.25, 0.3) is 0 Å². The van der Waals surface area contributed by atoms with E-state index in [0.29, 0.717) is 12.0 Å². The molecule has 0 heterocycles. The fourth-order valence-electron chi connectivity index (χ4n) is 2.35. The van der Waals surface area contributed by atoms with Crippen LogP contribution in [0.25, 0.3) is 0 Å². The second-order valence-corrected chi connectivity index (χ2v) is 4.68. The molecule has 2 nitrogen and oxygen atoms in total. The lowest BCUT2D eigenvalue weighted by molar-refractivity contribution is 0.390. The van der Waals surface area contributed by atoms with Gasteiger partial charge in [-0.2, -0.15) is 0 Å². The summed E-state index contributed by atoms with van der Waals surface area (Å²) in [6.45, 7) is 7.33. The number of hydrogen-bond acceptors (Lipinski definition) is 2. The summed E-state index contributed by atoms with van der Waals surface area (Å²) in [6, 6.07) is 7.07. The van der Waals surface area contributed by atoms with Crippen LogP contribution in [0.1, 0.15) is 36.1 Å². The molecule has 0 saturated heterocycles. The molecule has 16 heavy (non-hydrogen) atoms. The smallest absolute Gasteiger partial charge is 0.0346 e. The fraction of sp³-hybridized carbons (Fsp3) is 0.571. The summed E-state index contributed by atoms with van der Waals surface area (Å²) in [6.07, 6.45) is 1.05. The fourth-order valence-corrected chi connectivity index (χ4v) is 2.35. The van der Waals surface area contributed by atoms with E-state index in [4.69, 9.17) is 5.73 Å². The molecule has 2 heteroatoms. The van der Waals surface area contributed by atoms with Crippen LogP contribution in [-0.2, 0) is 0 Å². The molecule has 0 bridgehead atoms. The molecule has 2 atom stereocenters. The van der Waals surface area contributed by atoms with Crippen LogP contribution in [-0.4, -0.2) is 13.6 Å². The van der Waals surface area contributed by atoms with Crippen molar-refractivity contribution in [2.45, 2.75) is 33.2 Å². The number of aryl methyl sites for hydroxylation is 2. The van der Waals surface area contributed by atoms with E-state index >= 15 is 0 Å². The Morgan fingerprint density at radius 1 is 1.31 bits per heavy atom. The normalized spacial score (nSPS) is 14.8. The van der Waals surface area contributed by atoms with Crippen molar-refractivity contribution in [2.75, 3.05) is 13.6 Å². The quantitative estimate of drug-likeness (QED) is 0.800. The lowest BCUT2D eigenvalue weighted by atomic mass is 9.89. The molecular formula is C14H24N2. The van der Waals surface area contributed by atoms with Gasteiger partial charge in [0.2, 0.25) is 0 Å². The van der Waals surface area contributed by atoms with Crippen molar-refractivity contribution in [1.29, 1.82) is 0 Å². The van der Waals surface area contributed by atoms with Gasteiger partial charge < -0.3 is 11.1 Å². The molecule has 0 saturated carbocycles. The van der Waals surface area contributed by atoms with Crippen LogP contribution in [0.2, 0.25) is 0 Å². The zero-order valence-electron chi connectivity index (χ0n) is 10.9. The second-order valence-electron chi connectivity index (χ2n) is 4.68. The van der Waals surface area contributed by atoms with Crippen molar-refractivity contribution >= 4 is 0 Å². The van der Waals surface area contributed by atoms with Crippen LogP contribution in [0, 0.1) is 19.8 Å². The largest absolute Gasteiger partial charge is 0.330 e. The Hall–Kier alpha value is -0.860. The average molecular weight is 220 g/mol. The second kappa shape index (κ2) is 6.02. The maximum Gasteiger partial charge on any atom is 0.0346 e. The Morgan fingerprint density at radius 3 is 2.50 bits per heavy atom. The summed E-state index contributed by atoms with van der Waals surface area (Å²) < 4.78 is 0. The van der Waals surface area contributed by atoms with Crippen LogP contribution in [0.3, 0.4) is 0 Å². The highest BCUT2D eigenvalue weighted by atomic mass is 14.9. The molecule has 0 aliphatic heterocycles. The van der Waals surface area contributed by atoms with E-state index in [-0.39, 0.29) is 0 Å².